The second-order valence-electron chi connectivity index (χ2n) is 4.42. The molecular weight excluding hydrogens is 288 g/mol. The van der Waals surface area contributed by atoms with Crippen LogP contribution in [0, 0.1) is 11.3 Å². The first kappa shape index (κ1) is 13.2. The number of nitrogens with two attached hydrogens (primary N) is 1. The minimum absolute atomic E-state index is 0.120. The van der Waals surface area contributed by atoms with Gasteiger partial charge in [-0.15, -0.1) is 0 Å². The van der Waals surface area contributed by atoms with Gasteiger partial charge in [0.25, 0.3) is 0 Å². The van der Waals surface area contributed by atoms with Crippen molar-refractivity contribution in [1.82, 2.24) is 9.97 Å². The third-order valence-electron chi connectivity index (χ3n) is 3.15. The predicted molar refractivity (Wildman–Crippen MR) is 80.8 cm³/mol. The first-order valence-corrected chi connectivity index (χ1v) is 6.42. The van der Waals surface area contributed by atoms with Gasteiger partial charge in [0.1, 0.15) is 17.9 Å². The summed E-state index contributed by atoms with van der Waals surface area (Å²) in [5, 5.41) is 20.3. The van der Waals surface area contributed by atoms with Gasteiger partial charge < -0.3 is 10.8 Å². The summed E-state index contributed by atoms with van der Waals surface area (Å²) in [5.41, 5.74) is 7.81. The van der Waals surface area contributed by atoms with Crippen LogP contribution in [0.3, 0.4) is 0 Å². The molecule has 0 radical (unpaired) electrons. The van der Waals surface area contributed by atoms with Gasteiger partial charge in [-0.25, -0.2) is 9.97 Å². The van der Waals surface area contributed by atoms with Gasteiger partial charge in [-0.3, -0.25) is 0 Å². The second-order valence-corrected chi connectivity index (χ2v) is 4.86. The molecule has 0 spiro atoms. The molecule has 0 atom stereocenters. The molecule has 0 aliphatic heterocycles. The molecule has 2 aromatic carbocycles. The molecule has 0 aliphatic rings. The molecule has 5 nitrogen and oxygen atoms in total. The van der Waals surface area contributed by atoms with E-state index in [-0.39, 0.29) is 11.6 Å². The SMILES string of the molecule is N#Cc1cc(O)c2c(N)ncnc2c1-c1cccc(Cl)c1. The number of anilines is 1. The molecule has 102 valence electrons. The van der Waals surface area contributed by atoms with Gasteiger partial charge in [0.05, 0.1) is 22.5 Å². The van der Waals surface area contributed by atoms with E-state index in [0.29, 0.717) is 27.1 Å². The van der Waals surface area contributed by atoms with Crippen molar-refractivity contribution in [2.45, 2.75) is 0 Å². The van der Waals surface area contributed by atoms with Gasteiger partial charge in [0, 0.05) is 10.6 Å². The van der Waals surface area contributed by atoms with Gasteiger partial charge in [-0.05, 0) is 23.8 Å². The average molecular weight is 297 g/mol. The molecule has 21 heavy (non-hydrogen) atoms. The lowest BCUT2D eigenvalue weighted by molar-refractivity contribution is 0.481. The van der Waals surface area contributed by atoms with Crippen molar-refractivity contribution in [3.8, 4) is 22.9 Å². The van der Waals surface area contributed by atoms with E-state index in [1.165, 1.54) is 12.4 Å². The van der Waals surface area contributed by atoms with Crippen LogP contribution in [0.25, 0.3) is 22.0 Å². The van der Waals surface area contributed by atoms with Crippen molar-refractivity contribution >= 4 is 28.3 Å². The number of aromatic nitrogens is 2. The molecule has 0 aliphatic carbocycles. The van der Waals surface area contributed by atoms with Crippen LogP contribution in [0.5, 0.6) is 5.75 Å². The van der Waals surface area contributed by atoms with Crippen LogP contribution in [0.4, 0.5) is 5.82 Å². The zero-order valence-corrected chi connectivity index (χ0v) is 11.5. The maximum Gasteiger partial charge on any atom is 0.138 e. The summed E-state index contributed by atoms with van der Waals surface area (Å²) < 4.78 is 0. The van der Waals surface area contributed by atoms with Crippen molar-refractivity contribution in [3.05, 3.63) is 47.2 Å². The molecule has 6 heteroatoms. The van der Waals surface area contributed by atoms with E-state index in [0.717, 1.165) is 5.56 Å². The van der Waals surface area contributed by atoms with Crippen molar-refractivity contribution in [3.63, 3.8) is 0 Å². The van der Waals surface area contributed by atoms with Crippen molar-refractivity contribution < 1.29 is 5.11 Å². The van der Waals surface area contributed by atoms with E-state index >= 15 is 0 Å². The van der Waals surface area contributed by atoms with Crippen molar-refractivity contribution in [2.24, 2.45) is 0 Å². The molecule has 3 aromatic rings. The third-order valence-corrected chi connectivity index (χ3v) is 3.39. The highest BCUT2D eigenvalue weighted by molar-refractivity contribution is 6.31. The molecule has 3 N–H and O–H groups in total. The number of halogens is 1. The zero-order chi connectivity index (χ0) is 15.0. The van der Waals surface area contributed by atoms with E-state index in [9.17, 15) is 10.4 Å². The Labute approximate surface area is 125 Å². The predicted octanol–water partition coefficient (Wildman–Crippen LogP) is 3.11. The smallest absolute Gasteiger partial charge is 0.138 e. The average Bonchev–Trinajstić information content (AvgIpc) is 2.46. The summed E-state index contributed by atoms with van der Waals surface area (Å²) in [6.45, 7) is 0. The Balaban J connectivity index is 2.49. The summed E-state index contributed by atoms with van der Waals surface area (Å²) in [6.07, 6.45) is 1.30. The molecule has 3 rings (SSSR count). The number of phenolic OH excluding ortho intramolecular Hbond substituents is 1. The van der Waals surface area contributed by atoms with Crippen LogP contribution >= 0.6 is 11.6 Å². The number of nitrogen functional groups attached to an aromatic ring is 1. The first-order chi connectivity index (χ1) is 10.1. The molecule has 0 saturated heterocycles. The molecule has 1 aromatic heterocycles. The van der Waals surface area contributed by atoms with Crippen LogP contribution < -0.4 is 5.73 Å². The summed E-state index contributed by atoms with van der Waals surface area (Å²) in [6, 6.07) is 10.5. The lowest BCUT2D eigenvalue weighted by Crippen LogP contribution is -1.97. The van der Waals surface area contributed by atoms with Crippen LogP contribution in [0.1, 0.15) is 5.56 Å². The normalized spacial score (nSPS) is 10.5. The van der Waals surface area contributed by atoms with Gasteiger partial charge in [-0.2, -0.15) is 5.26 Å². The van der Waals surface area contributed by atoms with Gasteiger partial charge in [0.15, 0.2) is 0 Å². The number of benzene rings is 2. The highest BCUT2D eigenvalue weighted by Gasteiger charge is 2.17. The Morgan fingerprint density at radius 1 is 1.24 bits per heavy atom. The fourth-order valence-corrected chi connectivity index (χ4v) is 2.46. The Hall–Kier alpha value is -2.84. The van der Waals surface area contributed by atoms with Crippen LogP contribution in [-0.2, 0) is 0 Å². The molecular formula is C15H9ClN4O. The number of rotatable bonds is 1. The monoisotopic (exact) mass is 296 g/mol. The number of nitriles is 1. The largest absolute Gasteiger partial charge is 0.507 e. The first-order valence-electron chi connectivity index (χ1n) is 6.04. The van der Waals surface area contributed by atoms with Gasteiger partial charge >= 0.3 is 0 Å². The Kier molecular flexibility index (Phi) is 3.09. The Morgan fingerprint density at radius 3 is 2.76 bits per heavy atom. The van der Waals surface area contributed by atoms with E-state index in [1.807, 2.05) is 6.07 Å². The fraction of sp³-hybridized carbons (Fsp3) is 0. The lowest BCUT2D eigenvalue weighted by Gasteiger charge is -2.11. The standard InChI is InChI=1S/C15H9ClN4O/c16-10-3-1-2-8(4-10)12-9(6-17)5-11(21)13-14(12)19-7-20-15(13)18/h1-5,7,21H,(H2,18,19,20). The van der Waals surface area contributed by atoms with E-state index in [2.05, 4.69) is 16.0 Å². The Bertz CT molecular complexity index is 902. The number of aromatic hydroxyl groups is 1. The summed E-state index contributed by atoms with van der Waals surface area (Å²) in [4.78, 5) is 8.05. The third kappa shape index (κ3) is 2.12. The lowest BCUT2D eigenvalue weighted by atomic mass is 9.96. The van der Waals surface area contributed by atoms with Gasteiger partial charge in [-0.1, -0.05) is 23.7 Å². The molecule has 0 amide bonds. The Morgan fingerprint density at radius 2 is 2.05 bits per heavy atom. The van der Waals surface area contributed by atoms with E-state index in [4.69, 9.17) is 17.3 Å². The highest BCUT2D eigenvalue weighted by atomic mass is 35.5. The summed E-state index contributed by atoms with van der Waals surface area (Å²) >= 11 is 6.01. The summed E-state index contributed by atoms with van der Waals surface area (Å²) in [5.74, 6) is 0.0377. The van der Waals surface area contributed by atoms with Crippen molar-refractivity contribution in [2.75, 3.05) is 5.73 Å². The number of nitrogens with zero attached hydrogens (tertiary/aromatic N) is 3. The maximum absolute atomic E-state index is 10.1. The molecule has 0 unspecified atom stereocenters. The minimum atomic E-state index is -0.120. The van der Waals surface area contributed by atoms with Crippen LogP contribution in [0.2, 0.25) is 5.02 Å². The number of hydrogen-bond acceptors (Lipinski definition) is 5. The van der Waals surface area contributed by atoms with Crippen LogP contribution in [-0.4, -0.2) is 15.1 Å². The van der Waals surface area contributed by atoms with E-state index < -0.39 is 0 Å². The zero-order valence-electron chi connectivity index (χ0n) is 10.7. The molecule has 0 fully saturated rings. The fourth-order valence-electron chi connectivity index (χ4n) is 2.27. The molecule has 0 saturated carbocycles. The maximum atomic E-state index is 10.1. The number of fused-ring (bicyclic) bond motifs is 1. The number of phenols is 1. The van der Waals surface area contributed by atoms with Crippen molar-refractivity contribution in [1.29, 1.82) is 5.26 Å². The molecule has 0 bridgehead atoms. The van der Waals surface area contributed by atoms with Crippen LogP contribution in [0.15, 0.2) is 36.7 Å². The van der Waals surface area contributed by atoms with Gasteiger partial charge in [0.2, 0.25) is 0 Å². The quantitative estimate of drug-likeness (QED) is 0.719. The summed E-state index contributed by atoms with van der Waals surface area (Å²) in [7, 11) is 0. The molecule has 1 heterocycles. The minimum Gasteiger partial charge on any atom is -0.507 e. The van der Waals surface area contributed by atoms with E-state index in [1.54, 1.807) is 18.2 Å². The highest BCUT2D eigenvalue weighted by Crippen LogP contribution is 2.38. The number of hydrogen-bond donors (Lipinski definition) is 2. The topological polar surface area (TPSA) is 95.8 Å². The second kappa shape index (κ2) is 4.93.